The molecular formula is C13H20N2O3S. The Morgan fingerprint density at radius 2 is 2.16 bits per heavy atom. The molecule has 1 aliphatic carbocycles. The van der Waals surface area contributed by atoms with Gasteiger partial charge >= 0.3 is 0 Å². The van der Waals surface area contributed by atoms with Crippen LogP contribution in [0.5, 0.6) is 0 Å². The van der Waals surface area contributed by atoms with E-state index in [1.54, 1.807) is 25.1 Å². The summed E-state index contributed by atoms with van der Waals surface area (Å²) in [5, 5.41) is 9.71. The molecule has 0 saturated heterocycles. The highest BCUT2D eigenvalue weighted by molar-refractivity contribution is 7.89. The fourth-order valence-electron chi connectivity index (χ4n) is 2.59. The van der Waals surface area contributed by atoms with Crippen molar-refractivity contribution in [2.45, 2.75) is 37.2 Å². The summed E-state index contributed by atoms with van der Waals surface area (Å²) in [7, 11) is -3.62. The van der Waals surface area contributed by atoms with Crippen LogP contribution in [0.2, 0.25) is 0 Å². The zero-order valence-corrected chi connectivity index (χ0v) is 11.8. The van der Waals surface area contributed by atoms with Crippen LogP contribution in [-0.4, -0.2) is 26.2 Å². The first-order valence-corrected chi connectivity index (χ1v) is 7.93. The summed E-state index contributed by atoms with van der Waals surface area (Å²) < 4.78 is 27.1. The Morgan fingerprint density at radius 1 is 1.42 bits per heavy atom. The number of aliphatic hydroxyl groups is 1. The van der Waals surface area contributed by atoms with Gasteiger partial charge in [0.15, 0.2) is 0 Å². The standard InChI is InChI=1S/C13H20N2O3S/c1-9-4-2-6-11(14)13(9)19(17,18)15-8-10-5-3-7-12(10)16/h2,4,6,10,12,15-16H,3,5,7-8,14H2,1H3. The molecule has 1 aromatic carbocycles. The van der Waals surface area contributed by atoms with Gasteiger partial charge in [0, 0.05) is 6.54 Å². The molecular weight excluding hydrogens is 264 g/mol. The maximum absolute atomic E-state index is 12.3. The molecule has 0 amide bonds. The summed E-state index contributed by atoms with van der Waals surface area (Å²) in [6.07, 6.45) is 2.14. The molecule has 1 saturated carbocycles. The topological polar surface area (TPSA) is 92.4 Å². The number of anilines is 1. The Morgan fingerprint density at radius 3 is 2.74 bits per heavy atom. The molecule has 0 spiro atoms. The second-order valence-electron chi connectivity index (χ2n) is 5.10. The van der Waals surface area contributed by atoms with E-state index in [0.717, 1.165) is 19.3 Å². The molecule has 1 aliphatic rings. The number of hydrogen-bond acceptors (Lipinski definition) is 4. The number of hydrogen-bond donors (Lipinski definition) is 3. The van der Waals surface area contributed by atoms with Crippen LogP contribution in [0.4, 0.5) is 5.69 Å². The first-order chi connectivity index (χ1) is 8.92. The van der Waals surface area contributed by atoms with E-state index in [0.29, 0.717) is 5.56 Å². The highest BCUT2D eigenvalue weighted by Crippen LogP contribution is 2.26. The lowest BCUT2D eigenvalue weighted by molar-refractivity contribution is 0.134. The second kappa shape index (κ2) is 5.48. The Kier molecular flexibility index (Phi) is 4.13. The molecule has 0 aromatic heterocycles. The van der Waals surface area contributed by atoms with Crippen molar-refractivity contribution in [3.05, 3.63) is 23.8 Å². The van der Waals surface area contributed by atoms with Gasteiger partial charge in [-0.1, -0.05) is 18.6 Å². The predicted octanol–water partition coefficient (Wildman–Crippen LogP) is 1.02. The third-order valence-corrected chi connectivity index (χ3v) is 5.31. The van der Waals surface area contributed by atoms with E-state index in [2.05, 4.69) is 4.72 Å². The average Bonchev–Trinajstić information content (AvgIpc) is 2.72. The number of aliphatic hydroxyl groups excluding tert-OH is 1. The molecule has 4 N–H and O–H groups in total. The van der Waals surface area contributed by atoms with E-state index in [1.807, 2.05) is 0 Å². The van der Waals surface area contributed by atoms with Crippen LogP contribution in [0.25, 0.3) is 0 Å². The second-order valence-corrected chi connectivity index (χ2v) is 6.81. The molecule has 6 heteroatoms. The van der Waals surface area contributed by atoms with Gasteiger partial charge in [-0.05, 0) is 37.3 Å². The minimum atomic E-state index is -3.62. The Hall–Kier alpha value is -1.11. The molecule has 2 rings (SSSR count). The van der Waals surface area contributed by atoms with E-state index < -0.39 is 16.1 Å². The van der Waals surface area contributed by atoms with E-state index in [9.17, 15) is 13.5 Å². The van der Waals surface area contributed by atoms with E-state index >= 15 is 0 Å². The minimum Gasteiger partial charge on any atom is -0.398 e. The van der Waals surface area contributed by atoms with Gasteiger partial charge in [-0.2, -0.15) is 0 Å². The zero-order valence-electron chi connectivity index (χ0n) is 11.0. The summed E-state index contributed by atoms with van der Waals surface area (Å²) in [6.45, 7) is 1.98. The van der Waals surface area contributed by atoms with Gasteiger partial charge in [0.1, 0.15) is 4.90 Å². The number of rotatable bonds is 4. The fraction of sp³-hybridized carbons (Fsp3) is 0.538. The smallest absolute Gasteiger partial charge is 0.242 e. The van der Waals surface area contributed by atoms with Gasteiger partial charge in [-0.15, -0.1) is 0 Å². The first-order valence-electron chi connectivity index (χ1n) is 6.44. The number of aryl methyl sites for hydroxylation is 1. The molecule has 2 atom stereocenters. The van der Waals surface area contributed by atoms with Crippen molar-refractivity contribution >= 4 is 15.7 Å². The van der Waals surface area contributed by atoms with Crippen LogP contribution in [-0.2, 0) is 10.0 Å². The SMILES string of the molecule is Cc1cccc(N)c1S(=O)(=O)NCC1CCCC1O. The quantitative estimate of drug-likeness (QED) is 0.720. The summed E-state index contributed by atoms with van der Waals surface area (Å²) in [5.74, 6) is 0.0000165. The molecule has 2 unspecified atom stereocenters. The van der Waals surface area contributed by atoms with E-state index in [4.69, 9.17) is 5.73 Å². The highest BCUT2D eigenvalue weighted by atomic mass is 32.2. The van der Waals surface area contributed by atoms with Crippen molar-refractivity contribution in [1.82, 2.24) is 4.72 Å². The zero-order chi connectivity index (χ0) is 14.0. The van der Waals surface area contributed by atoms with Crippen LogP contribution < -0.4 is 10.5 Å². The molecule has 106 valence electrons. The summed E-state index contributed by atoms with van der Waals surface area (Å²) in [5.41, 5.74) is 6.62. The van der Waals surface area contributed by atoms with Crippen LogP contribution in [0.15, 0.2) is 23.1 Å². The molecule has 0 heterocycles. The van der Waals surface area contributed by atoms with Gasteiger partial charge in [0.05, 0.1) is 11.8 Å². The van der Waals surface area contributed by atoms with Crippen molar-refractivity contribution < 1.29 is 13.5 Å². The number of sulfonamides is 1. The fourth-order valence-corrected chi connectivity index (χ4v) is 4.03. The van der Waals surface area contributed by atoms with Gasteiger partial charge in [-0.25, -0.2) is 13.1 Å². The lowest BCUT2D eigenvalue weighted by Crippen LogP contribution is -2.33. The highest BCUT2D eigenvalue weighted by Gasteiger charge is 2.27. The molecule has 0 bridgehead atoms. The van der Waals surface area contributed by atoms with Crippen molar-refractivity contribution in [3.8, 4) is 0 Å². The van der Waals surface area contributed by atoms with Gasteiger partial charge < -0.3 is 10.8 Å². The number of nitrogens with one attached hydrogen (secondary N) is 1. The largest absolute Gasteiger partial charge is 0.398 e. The van der Waals surface area contributed by atoms with Gasteiger partial charge in [-0.3, -0.25) is 0 Å². The molecule has 5 nitrogen and oxygen atoms in total. The monoisotopic (exact) mass is 284 g/mol. The van der Waals surface area contributed by atoms with Crippen LogP contribution in [0.1, 0.15) is 24.8 Å². The van der Waals surface area contributed by atoms with Gasteiger partial charge in [0.2, 0.25) is 10.0 Å². The van der Waals surface area contributed by atoms with Crippen LogP contribution >= 0.6 is 0 Å². The summed E-state index contributed by atoms with van der Waals surface area (Å²) in [4.78, 5) is 0.141. The van der Waals surface area contributed by atoms with Crippen LogP contribution in [0.3, 0.4) is 0 Å². The predicted molar refractivity (Wildman–Crippen MR) is 74.1 cm³/mol. The number of nitrogen functional groups attached to an aromatic ring is 1. The normalized spacial score (nSPS) is 23.7. The Balaban J connectivity index is 2.14. The van der Waals surface area contributed by atoms with Crippen molar-refractivity contribution in [3.63, 3.8) is 0 Å². The Bertz CT molecular complexity index is 537. The number of benzene rings is 1. The number of nitrogens with two attached hydrogens (primary N) is 1. The Labute approximate surface area is 113 Å². The summed E-state index contributed by atoms with van der Waals surface area (Å²) in [6, 6.07) is 5.02. The molecule has 0 radical (unpaired) electrons. The van der Waals surface area contributed by atoms with E-state index in [-0.39, 0.29) is 23.0 Å². The van der Waals surface area contributed by atoms with E-state index in [1.165, 1.54) is 0 Å². The van der Waals surface area contributed by atoms with Crippen molar-refractivity contribution in [1.29, 1.82) is 0 Å². The van der Waals surface area contributed by atoms with Crippen LogP contribution in [0, 0.1) is 12.8 Å². The summed E-state index contributed by atoms with van der Waals surface area (Å²) >= 11 is 0. The molecule has 1 aromatic rings. The maximum Gasteiger partial charge on any atom is 0.242 e. The average molecular weight is 284 g/mol. The third kappa shape index (κ3) is 3.08. The minimum absolute atomic E-state index is 0.0000165. The maximum atomic E-state index is 12.3. The molecule has 0 aliphatic heterocycles. The van der Waals surface area contributed by atoms with Crippen molar-refractivity contribution in [2.24, 2.45) is 5.92 Å². The third-order valence-electron chi connectivity index (χ3n) is 3.67. The first kappa shape index (κ1) is 14.3. The lowest BCUT2D eigenvalue weighted by atomic mass is 10.1. The molecule has 19 heavy (non-hydrogen) atoms. The van der Waals surface area contributed by atoms with Crippen molar-refractivity contribution in [2.75, 3.05) is 12.3 Å². The van der Waals surface area contributed by atoms with Gasteiger partial charge in [0.25, 0.3) is 0 Å². The lowest BCUT2D eigenvalue weighted by Gasteiger charge is -2.16. The molecule has 1 fully saturated rings.